The quantitative estimate of drug-likeness (QED) is 0.147. The summed E-state index contributed by atoms with van der Waals surface area (Å²) in [4.78, 5) is 90.2. The predicted octanol–water partition coefficient (Wildman–Crippen LogP) is 4.30. The zero-order chi connectivity index (χ0) is 39.3. The van der Waals surface area contributed by atoms with Gasteiger partial charge in [0.1, 0.15) is 28.8 Å². The number of rotatable bonds is 13. The summed E-state index contributed by atoms with van der Waals surface area (Å²) in [5.41, 5.74) is 0.929. The highest BCUT2D eigenvalue weighted by molar-refractivity contribution is 8.23. The first-order valence-corrected chi connectivity index (χ1v) is 23.9. The molecule has 54 heavy (non-hydrogen) atoms. The van der Waals surface area contributed by atoms with Crippen LogP contribution >= 0.6 is 50.7 Å². The molecular formula is C35H41N3O11P2S3. The molecule has 5 rings (SSSR count). The number of thioether (sulfide) groups is 2. The van der Waals surface area contributed by atoms with Crippen LogP contribution in [0.25, 0.3) is 10.5 Å². The van der Waals surface area contributed by atoms with E-state index in [0.29, 0.717) is 58.6 Å². The average Bonchev–Trinajstić information content (AvgIpc) is 3.69. The van der Waals surface area contributed by atoms with Gasteiger partial charge in [0, 0.05) is 30.2 Å². The van der Waals surface area contributed by atoms with Crippen molar-refractivity contribution in [1.29, 1.82) is 0 Å². The van der Waals surface area contributed by atoms with Gasteiger partial charge >= 0.3 is 23.9 Å². The molecule has 0 bridgehead atoms. The zero-order valence-corrected chi connectivity index (χ0v) is 34.2. The molecule has 3 aliphatic heterocycles. The van der Waals surface area contributed by atoms with Crippen LogP contribution in [0.2, 0.25) is 0 Å². The molecule has 3 N–H and O–H groups in total. The number of esters is 1. The Kier molecular flexibility index (Phi) is 14.2. The molecule has 2 saturated heterocycles. The van der Waals surface area contributed by atoms with Gasteiger partial charge in [0.25, 0.3) is 16.7 Å². The molecule has 4 heterocycles. The summed E-state index contributed by atoms with van der Waals surface area (Å²) in [6, 6.07) is 5.39. The number of thiazole rings is 1. The zero-order valence-electron chi connectivity index (χ0n) is 29.9. The summed E-state index contributed by atoms with van der Waals surface area (Å²) in [5, 5.41) is 27.8. The Labute approximate surface area is 325 Å². The lowest BCUT2D eigenvalue weighted by Gasteiger charge is -2.28. The van der Waals surface area contributed by atoms with E-state index in [2.05, 4.69) is 13.3 Å². The molecule has 2 aromatic rings. The highest BCUT2D eigenvalue weighted by atomic mass is 32.2. The number of aliphatic carboxylic acids is 3. The van der Waals surface area contributed by atoms with Gasteiger partial charge in [-0.3, -0.25) is 38.2 Å². The van der Waals surface area contributed by atoms with Gasteiger partial charge in [0.05, 0.1) is 20.8 Å². The van der Waals surface area contributed by atoms with Crippen LogP contribution in [0.1, 0.15) is 49.4 Å². The third-order valence-corrected chi connectivity index (χ3v) is 16.6. The van der Waals surface area contributed by atoms with Gasteiger partial charge in [0.15, 0.2) is 0 Å². The van der Waals surface area contributed by atoms with Gasteiger partial charge in [-0.05, 0) is 93.4 Å². The molecule has 1 aromatic carbocycles. The number of carbonyl (C=O) groups is 6. The highest BCUT2D eigenvalue weighted by Gasteiger charge is 2.38. The molecule has 1 aromatic heterocycles. The van der Waals surface area contributed by atoms with E-state index in [-0.39, 0.29) is 48.4 Å². The van der Waals surface area contributed by atoms with E-state index < -0.39 is 47.7 Å². The number of anilines is 1. The largest absolute Gasteiger partial charge is 0.481 e. The summed E-state index contributed by atoms with van der Waals surface area (Å²) in [5.74, 6) is -4.95. The van der Waals surface area contributed by atoms with Crippen LogP contribution in [0, 0.1) is 0 Å². The van der Waals surface area contributed by atoms with Gasteiger partial charge in [-0.2, -0.15) is 0 Å². The molecule has 19 heteroatoms. The minimum Gasteiger partial charge on any atom is -0.481 e. The van der Waals surface area contributed by atoms with Crippen LogP contribution in [0.5, 0.6) is 0 Å². The fourth-order valence-corrected chi connectivity index (χ4v) is 13.6. The lowest BCUT2D eigenvalue weighted by Crippen LogP contribution is -2.37. The van der Waals surface area contributed by atoms with Crippen LogP contribution in [0.3, 0.4) is 0 Å². The number of aromatic nitrogens is 1. The van der Waals surface area contributed by atoms with Crippen LogP contribution in [0.15, 0.2) is 39.0 Å². The third kappa shape index (κ3) is 10.2. The standard InChI is InChI=1S/C35H41N3O11P2S3/c1-20(29-31(45)37(16-27(41)42)33(53-29)30-32(46)38(17-28(43)44)35(48)54-30)14-25-36(11-6-4-5-8-26(39)40)23-15-21(9-10-24(23)52-25)34(47)49-22-18-50(2)12-7-13-51(3)19-22/h9-10,14-15,22H,4-8,11-13,16-19H2,1-3H3,(H,39,40)(H,41,42)(H,43,44)/b25-14+,29-20-,33-30-. The molecule has 290 valence electrons. The fourth-order valence-electron chi connectivity index (χ4n) is 6.29. The molecule has 2 fully saturated rings. The lowest BCUT2D eigenvalue weighted by molar-refractivity contribution is -0.140. The second-order valence-electron chi connectivity index (χ2n) is 13.2. The number of hydrogen-bond acceptors (Lipinski definition) is 12. The van der Waals surface area contributed by atoms with E-state index in [4.69, 9.17) is 9.84 Å². The fraction of sp³-hybridized carbons (Fsp3) is 0.457. The van der Waals surface area contributed by atoms with Gasteiger partial charge in [-0.15, -0.1) is 27.2 Å². The number of imide groups is 1. The highest BCUT2D eigenvalue weighted by Crippen LogP contribution is 2.47. The average molecular weight is 838 g/mol. The Morgan fingerprint density at radius 2 is 1.59 bits per heavy atom. The van der Waals surface area contributed by atoms with Crippen molar-refractivity contribution in [1.82, 2.24) is 9.47 Å². The normalized spacial score (nSPS) is 22.6. The molecule has 0 saturated carbocycles. The lowest BCUT2D eigenvalue weighted by atomic mass is 10.1. The molecule has 0 spiro atoms. The number of hydrogen-bond donors (Lipinski definition) is 3. The first-order valence-electron chi connectivity index (χ1n) is 17.2. The van der Waals surface area contributed by atoms with E-state index in [1.165, 1.54) is 30.5 Å². The summed E-state index contributed by atoms with van der Waals surface area (Å²) in [7, 11) is -0.415. The van der Waals surface area contributed by atoms with Gasteiger partial charge in [0.2, 0.25) is 0 Å². The van der Waals surface area contributed by atoms with Gasteiger partial charge in [-0.25, -0.2) is 4.79 Å². The number of allylic oxidation sites excluding steroid dienone is 1. The second kappa shape index (κ2) is 18.4. The van der Waals surface area contributed by atoms with Crippen molar-refractivity contribution in [2.75, 3.05) is 56.0 Å². The Morgan fingerprint density at radius 3 is 2.24 bits per heavy atom. The Hall–Kier alpha value is -3.49. The van der Waals surface area contributed by atoms with Crippen molar-refractivity contribution in [3.63, 3.8) is 0 Å². The van der Waals surface area contributed by atoms with Crippen LogP contribution in [0.4, 0.5) is 10.5 Å². The van der Waals surface area contributed by atoms with Crippen LogP contribution < -0.4 is 19.7 Å². The van der Waals surface area contributed by atoms with E-state index in [9.17, 15) is 43.8 Å². The first kappa shape index (κ1) is 41.7. The van der Waals surface area contributed by atoms with E-state index in [1.54, 1.807) is 25.1 Å². The van der Waals surface area contributed by atoms with E-state index in [1.807, 2.05) is 11.0 Å². The number of carboxylic acid groups (broad SMARTS) is 3. The summed E-state index contributed by atoms with van der Waals surface area (Å²) >= 11 is 2.70. The van der Waals surface area contributed by atoms with Crippen LogP contribution in [-0.2, 0) is 30.5 Å². The van der Waals surface area contributed by atoms with Crippen molar-refractivity contribution in [2.45, 2.75) is 56.6 Å². The number of fused-ring (bicyclic) bond motifs is 1. The SMILES string of the molecule is CC(/C=C1/Sc2ccc(C(=O)OC3CP(C)CCCP(C)C3)cc2N1CCCCCC(=O)O)=c1/s/c(=C2\SC(=O)N(CC(=O)O)C2=O)n(CC(=O)O)c1=O. The van der Waals surface area contributed by atoms with Gasteiger partial charge < -0.3 is 25.0 Å². The Balaban J connectivity index is 1.52. The minimum absolute atomic E-state index is 0.0424. The van der Waals surface area contributed by atoms with Crippen LogP contribution in [-0.4, -0.2) is 117 Å². The predicted molar refractivity (Wildman–Crippen MR) is 213 cm³/mol. The van der Waals surface area contributed by atoms with Crippen molar-refractivity contribution in [2.24, 2.45) is 0 Å². The number of unbranched alkanes of at least 4 members (excludes halogenated alkanes) is 2. The number of benzene rings is 1. The number of ether oxygens (including phenoxy) is 1. The molecule has 2 amide bonds. The molecule has 14 nitrogen and oxygen atoms in total. The maximum absolute atomic E-state index is 13.7. The molecule has 3 aliphatic rings. The molecular weight excluding hydrogens is 797 g/mol. The summed E-state index contributed by atoms with van der Waals surface area (Å²) in [6.07, 6.45) is 8.81. The monoisotopic (exact) mass is 837 g/mol. The maximum atomic E-state index is 13.7. The number of carbonyl (C=O) groups excluding carboxylic acids is 3. The molecule has 0 radical (unpaired) electrons. The summed E-state index contributed by atoms with van der Waals surface area (Å²) in [6.45, 7) is 4.99. The topological polar surface area (TPSA) is 201 Å². The molecule has 2 unspecified atom stereocenters. The first-order chi connectivity index (χ1) is 25.6. The third-order valence-electron chi connectivity index (χ3n) is 8.83. The van der Waals surface area contributed by atoms with Gasteiger partial charge in [-0.1, -0.05) is 18.2 Å². The van der Waals surface area contributed by atoms with Crippen molar-refractivity contribution in [3.8, 4) is 0 Å². The Bertz CT molecular complexity index is 2070. The molecule has 2 atom stereocenters. The number of carboxylic acids is 3. The van der Waals surface area contributed by atoms with Crippen molar-refractivity contribution in [3.05, 3.63) is 54.4 Å². The number of amides is 2. The number of nitrogens with zero attached hydrogens (tertiary/aromatic N) is 3. The minimum atomic E-state index is -1.41. The second-order valence-corrected chi connectivity index (χ2v) is 21.3. The smallest absolute Gasteiger partial charge is 0.338 e. The van der Waals surface area contributed by atoms with Crippen molar-refractivity contribution >= 4 is 102 Å². The van der Waals surface area contributed by atoms with E-state index in [0.717, 1.165) is 38.8 Å². The summed E-state index contributed by atoms with van der Waals surface area (Å²) < 4.78 is 7.06. The maximum Gasteiger partial charge on any atom is 0.338 e. The Morgan fingerprint density at radius 1 is 0.907 bits per heavy atom. The van der Waals surface area contributed by atoms with E-state index >= 15 is 0 Å². The molecule has 0 aliphatic carbocycles. The van der Waals surface area contributed by atoms with Crippen molar-refractivity contribution < 1.29 is 48.8 Å².